The summed E-state index contributed by atoms with van der Waals surface area (Å²) in [4.78, 5) is 13.0. The van der Waals surface area contributed by atoms with Crippen molar-refractivity contribution in [2.75, 3.05) is 0 Å². The van der Waals surface area contributed by atoms with Gasteiger partial charge in [0.15, 0.2) is 0 Å². The van der Waals surface area contributed by atoms with Crippen LogP contribution >= 0.6 is 0 Å². The molecule has 6 rings (SSSR count). The number of nitrogens with one attached hydrogen (secondary N) is 1. The highest BCUT2D eigenvalue weighted by Crippen LogP contribution is 2.66. The van der Waals surface area contributed by atoms with Crippen LogP contribution in [0.5, 0.6) is 0 Å². The molecule has 0 aliphatic heterocycles. The first-order valence-electron chi connectivity index (χ1n) is 11.0. The van der Waals surface area contributed by atoms with Crippen molar-refractivity contribution in [3.05, 3.63) is 71.8 Å². The molecule has 4 saturated carbocycles. The van der Waals surface area contributed by atoms with Gasteiger partial charge in [-0.05, 0) is 79.2 Å². The van der Waals surface area contributed by atoms with Crippen molar-refractivity contribution < 1.29 is 4.79 Å². The van der Waals surface area contributed by atoms with E-state index in [2.05, 4.69) is 54.7 Å². The zero-order valence-electron chi connectivity index (χ0n) is 16.9. The molecule has 2 aromatic carbocycles. The Hall–Kier alpha value is -2.09. The van der Waals surface area contributed by atoms with Crippen molar-refractivity contribution in [2.45, 2.75) is 63.3 Å². The van der Waals surface area contributed by atoms with Gasteiger partial charge in [-0.25, -0.2) is 0 Å². The molecule has 0 heterocycles. The first-order chi connectivity index (χ1) is 13.6. The van der Waals surface area contributed by atoms with E-state index in [0.717, 1.165) is 11.8 Å². The molecule has 0 aromatic heterocycles. The Labute approximate surface area is 168 Å². The minimum atomic E-state index is 0.0747. The van der Waals surface area contributed by atoms with Crippen LogP contribution < -0.4 is 5.32 Å². The van der Waals surface area contributed by atoms with Crippen LogP contribution in [0.3, 0.4) is 0 Å². The summed E-state index contributed by atoms with van der Waals surface area (Å²) in [5.41, 5.74) is 3.23. The molecule has 0 spiro atoms. The van der Waals surface area contributed by atoms with Crippen molar-refractivity contribution in [1.82, 2.24) is 5.32 Å². The van der Waals surface area contributed by atoms with Crippen LogP contribution in [-0.2, 0) is 10.2 Å². The second kappa shape index (κ2) is 6.76. The fourth-order valence-electron chi connectivity index (χ4n) is 7.25. The standard InChI is InChI=1S/C26H31NO/c1-19(22-8-4-2-5-9-22)27-24(28)17-25-13-20-12-21(14-25)16-26(15-20,18-25)23-10-6-3-7-11-23/h2-11,19-21H,12-18H2,1H3,(H,27,28)/t19-,20+,21+,25?,26?/m1/s1. The average Bonchev–Trinajstić information content (AvgIpc) is 2.68. The van der Waals surface area contributed by atoms with Gasteiger partial charge in [0.2, 0.25) is 5.91 Å². The van der Waals surface area contributed by atoms with E-state index in [1.165, 1.54) is 49.7 Å². The van der Waals surface area contributed by atoms with Crippen molar-refractivity contribution in [3.8, 4) is 0 Å². The van der Waals surface area contributed by atoms with Crippen LogP contribution in [0, 0.1) is 17.3 Å². The normalized spacial score (nSPS) is 34.2. The molecule has 3 atom stereocenters. The molecule has 0 saturated heterocycles. The molecule has 4 aliphatic carbocycles. The summed E-state index contributed by atoms with van der Waals surface area (Å²) in [5.74, 6) is 1.85. The second-order valence-corrected chi connectivity index (χ2v) is 9.98. The van der Waals surface area contributed by atoms with E-state index in [0.29, 0.717) is 11.8 Å². The highest BCUT2D eigenvalue weighted by Gasteiger charge is 2.58. The van der Waals surface area contributed by atoms with Gasteiger partial charge in [0.05, 0.1) is 6.04 Å². The zero-order chi connectivity index (χ0) is 19.2. The Bertz CT molecular complexity index is 829. The van der Waals surface area contributed by atoms with Gasteiger partial charge < -0.3 is 5.32 Å². The SMILES string of the molecule is C[C@@H](NC(=O)CC12C[C@@H]3C[C@@H](C1)CC(c1ccccc1)(C3)C2)c1ccccc1. The lowest BCUT2D eigenvalue weighted by Gasteiger charge is -2.62. The van der Waals surface area contributed by atoms with E-state index in [1.807, 2.05) is 18.2 Å². The maximum absolute atomic E-state index is 13.0. The van der Waals surface area contributed by atoms with Gasteiger partial charge in [-0.15, -0.1) is 0 Å². The summed E-state index contributed by atoms with van der Waals surface area (Å²) in [5, 5.41) is 3.28. The molecule has 2 aromatic rings. The van der Waals surface area contributed by atoms with Crippen LogP contribution in [-0.4, -0.2) is 5.91 Å². The maximum atomic E-state index is 13.0. The number of benzene rings is 2. The van der Waals surface area contributed by atoms with Gasteiger partial charge in [0.25, 0.3) is 0 Å². The minimum absolute atomic E-state index is 0.0747. The molecule has 1 amide bonds. The molecule has 4 fully saturated rings. The number of hydrogen-bond donors (Lipinski definition) is 1. The lowest BCUT2D eigenvalue weighted by molar-refractivity contribution is -0.131. The molecule has 2 heteroatoms. The van der Waals surface area contributed by atoms with Gasteiger partial charge in [0.1, 0.15) is 0 Å². The number of amides is 1. The quantitative estimate of drug-likeness (QED) is 0.706. The van der Waals surface area contributed by atoms with Crippen LogP contribution in [0.15, 0.2) is 60.7 Å². The Morgan fingerprint density at radius 3 is 2.21 bits per heavy atom. The third-order valence-electron chi connectivity index (χ3n) is 7.78. The highest BCUT2D eigenvalue weighted by molar-refractivity contribution is 5.77. The molecule has 4 aliphatic rings. The number of carbonyl (C=O) groups excluding carboxylic acids is 1. The predicted molar refractivity (Wildman–Crippen MR) is 113 cm³/mol. The van der Waals surface area contributed by atoms with Gasteiger partial charge in [-0.1, -0.05) is 60.7 Å². The Balaban J connectivity index is 1.34. The third kappa shape index (κ3) is 3.17. The third-order valence-corrected chi connectivity index (χ3v) is 7.78. The molecule has 146 valence electrons. The summed E-state index contributed by atoms with van der Waals surface area (Å²) in [6, 6.07) is 21.5. The Morgan fingerprint density at radius 1 is 0.964 bits per heavy atom. The highest BCUT2D eigenvalue weighted by atomic mass is 16.1. The van der Waals surface area contributed by atoms with E-state index < -0.39 is 0 Å². The second-order valence-electron chi connectivity index (χ2n) is 9.98. The summed E-state index contributed by atoms with van der Waals surface area (Å²) in [6.45, 7) is 2.10. The average molecular weight is 374 g/mol. The summed E-state index contributed by atoms with van der Waals surface area (Å²) < 4.78 is 0. The smallest absolute Gasteiger partial charge is 0.221 e. The molecule has 4 bridgehead atoms. The predicted octanol–water partition coefficient (Wildman–Crippen LogP) is 5.79. The van der Waals surface area contributed by atoms with Gasteiger partial charge >= 0.3 is 0 Å². The van der Waals surface area contributed by atoms with Crippen molar-refractivity contribution in [3.63, 3.8) is 0 Å². The van der Waals surface area contributed by atoms with E-state index in [9.17, 15) is 4.79 Å². The van der Waals surface area contributed by atoms with Crippen molar-refractivity contribution in [1.29, 1.82) is 0 Å². The molecule has 28 heavy (non-hydrogen) atoms. The zero-order valence-corrected chi connectivity index (χ0v) is 16.9. The minimum Gasteiger partial charge on any atom is -0.350 e. The summed E-state index contributed by atoms with van der Waals surface area (Å²) in [7, 11) is 0. The van der Waals surface area contributed by atoms with E-state index in [-0.39, 0.29) is 17.4 Å². The van der Waals surface area contributed by atoms with E-state index in [1.54, 1.807) is 0 Å². The first-order valence-corrected chi connectivity index (χ1v) is 11.0. The number of hydrogen-bond acceptors (Lipinski definition) is 1. The van der Waals surface area contributed by atoms with Gasteiger partial charge in [-0.3, -0.25) is 4.79 Å². The monoisotopic (exact) mass is 373 g/mol. The summed E-state index contributed by atoms with van der Waals surface area (Å²) >= 11 is 0. The number of carbonyl (C=O) groups is 1. The molecule has 0 unspecified atom stereocenters. The van der Waals surface area contributed by atoms with E-state index >= 15 is 0 Å². The van der Waals surface area contributed by atoms with Crippen molar-refractivity contribution in [2.24, 2.45) is 17.3 Å². The van der Waals surface area contributed by atoms with Crippen LogP contribution in [0.1, 0.15) is 69.0 Å². The lowest BCUT2D eigenvalue weighted by atomic mass is 9.42. The number of rotatable bonds is 5. The first kappa shape index (κ1) is 18.0. The van der Waals surface area contributed by atoms with Crippen LogP contribution in [0.4, 0.5) is 0 Å². The lowest BCUT2D eigenvalue weighted by Crippen LogP contribution is -2.55. The Morgan fingerprint density at radius 2 is 1.57 bits per heavy atom. The molecular formula is C26H31NO. The van der Waals surface area contributed by atoms with Crippen molar-refractivity contribution >= 4 is 5.91 Å². The fraction of sp³-hybridized carbons (Fsp3) is 0.500. The summed E-state index contributed by atoms with van der Waals surface area (Å²) in [6.07, 6.45) is 8.46. The van der Waals surface area contributed by atoms with E-state index in [4.69, 9.17) is 0 Å². The maximum Gasteiger partial charge on any atom is 0.221 e. The van der Waals surface area contributed by atoms with Crippen LogP contribution in [0.2, 0.25) is 0 Å². The van der Waals surface area contributed by atoms with Crippen LogP contribution in [0.25, 0.3) is 0 Å². The molecule has 1 N–H and O–H groups in total. The van der Waals surface area contributed by atoms with Gasteiger partial charge in [0, 0.05) is 6.42 Å². The van der Waals surface area contributed by atoms with Gasteiger partial charge in [-0.2, -0.15) is 0 Å². The largest absolute Gasteiger partial charge is 0.350 e. The molecule has 0 radical (unpaired) electrons. The fourth-order valence-corrected chi connectivity index (χ4v) is 7.25. The molecule has 2 nitrogen and oxygen atoms in total. The molecular weight excluding hydrogens is 342 g/mol. The topological polar surface area (TPSA) is 29.1 Å². The Kier molecular flexibility index (Phi) is 4.34.